The number of aryl methyl sites for hydroxylation is 1. The lowest BCUT2D eigenvalue weighted by molar-refractivity contribution is 0.410. The molecule has 0 bridgehead atoms. The molecule has 3 aromatic rings. The van der Waals surface area contributed by atoms with Gasteiger partial charge in [0.1, 0.15) is 17.9 Å². The third-order valence-corrected chi connectivity index (χ3v) is 3.25. The highest BCUT2D eigenvalue weighted by Gasteiger charge is 2.04. The lowest BCUT2D eigenvalue weighted by Gasteiger charge is -2.10. The van der Waals surface area contributed by atoms with Crippen LogP contribution in [0.2, 0.25) is 0 Å². The van der Waals surface area contributed by atoms with Crippen LogP contribution >= 0.6 is 0 Å². The number of para-hydroxylation sites is 1. The van der Waals surface area contributed by atoms with E-state index in [0.29, 0.717) is 6.54 Å². The highest BCUT2D eigenvalue weighted by Crippen LogP contribution is 2.18. The van der Waals surface area contributed by atoms with Gasteiger partial charge in [-0.15, -0.1) is 0 Å². The third kappa shape index (κ3) is 3.06. The fraction of sp³-hybridized carbons (Fsp3) is 0.188. The van der Waals surface area contributed by atoms with E-state index in [4.69, 9.17) is 4.74 Å². The topological polar surface area (TPSA) is 64.9 Å². The molecule has 0 radical (unpaired) electrons. The predicted molar refractivity (Wildman–Crippen MR) is 84.2 cm³/mol. The highest BCUT2D eigenvalue weighted by atomic mass is 16.5. The van der Waals surface area contributed by atoms with Crippen molar-refractivity contribution >= 4 is 5.82 Å². The Kier molecular flexibility index (Phi) is 4.00. The van der Waals surface area contributed by atoms with Crippen LogP contribution in [0.3, 0.4) is 0 Å². The summed E-state index contributed by atoms with van der Waals surface area (Å²) in [4.78, 5) is 8.47. The van der Waals surface area contributed by atoms with Gasteiger partial charge in [-0.25, -0.2) is 14.6 Å². The quantitative estimate of drug-likeness (QED) is 0.783. The molecule has 22 heavy (non-hydrogen) atoms. The molecule has 0 aliphatic rings. The van der Waals surface area contributed by atoms with Crippen LogP contribution < -0.4 is 10.1 Å². The Hall–Kier alpha value is -2.89. The molecule has 2 heterocycles. The van der Waals surface area contributed by atoms with Gasteiger partial charge in [0.05, 0.1) is 13.3 Å². The summed E-state index contributed by atoms with van der Waals surface area (Å²) in [6.45, 7) is 2.62. The Labute approximate surface area is 128 Å². The van der Waals surface area contributed by atoms with Crippen LogP contribution in [-0.2, 0) is 6.54 Å². The first-order valence-electron chi connectivity index (χ1n) is 6.96. The van der Waals surface area contributed by atoms with Crippen LogP contribution in [0.15, 0.2) is 49.1 Å². The molecule has 0 saturated carbocycles. The molecule has 0 unspecified atom stereocenters. The first-order chi connectivity index (χ1) is 10.8. The first kappa shape index (κ1) is 14.1. The van der Waals surface area contributed by atoms with Crippen molar-refractivity contribution in [1.82, 2.24) is 19.7 Å². The molecular formula is C16H17N5O. The van der Waals surface area contributed by atoms with Crippen molar-refractivity contribution in [3.05, 3.63) is 60.2 Å². The maximum atomic E-state index is 5.34. The molecule has 0 aliphatic carbocycles. The van der Waals surface area contributed by atoms with Crippen molar-refractivity contribution in [2.45, 2.75) is 13.5 Å². The Balaban J connectivity index is 1.76. The zero-order chi connectivity index (χ0) is 15.4. The van der Waals surface area contributed by atoms with Crippen molar-refractivity contribution in [2.75, 3.05) is 12.4 Å². The second-order valence-corrected chi connectivity index (χ2v) is 4.89. The summed E-state index contributed by atoms with van der Waals surface area (Å²) in [5.74, 6) is 2.32. The molecule has 0 saturated heterocycles. The average molecular weight is 295 g/mol. The molecule has 3 rings (SSSR count). The molecule has 0 spiro atoms. The summed E-state index contributed by atoms with van der Waals surface area (Å²) < 4.78 is 7.07. The molecule has 1 N–H and O–H groups in total. The van der Waals surface area contributed by atoms with Crippen LogP contribution in [0.4, 0.5) is 5.82 Å². The van der Waals surface area contributed by atoms with Gasteiger partial charge < -0.3 is 10.1 Å². The number of ether oxygens (including phenoxy) is 1. The summed E-state index contributed by atoms with van der Waals surface area (Å²) in [6, 6.07) is 9.75. The van der Waals surface area contributed by atoms with Gasteiger partial charge in [0.15, 0.2) is 5.82 Å². The van der Waals surface area contributed by atoms with Crippen molar-refractivity contribution in [2.24, 2.45) is 0 Å². The van der Waals surface area contributed by atoms with E-state index >= 15 is 0 Å². The Morgan fingerprint density at radius 3 is 2.86 bits per heavy atom. The number of nitrogens with zero attached hydrogens (tertiary/aromatic N) is 4. The molecule has 0 atom stereocenters. The number of rotatable bonds is 5. The number of hydrogen-bond donors (Lipinski definition) is 1. The third-order valence-electron chi connectivity index (χ3n) is 3.25. The van der Waals surface area contributed by atoms with Gasteiger partial charge in [-0.05, 0) is 18.6 Å². The molecular weight excluding hydrogens is 278 g/mol. The van der Waals surface area contributed by atoms with Crippen LogP contribution in [-0.4, -0.2) is 26.9 Å². The zero-order valence-electron chi connectivity index (χ0n) is 12.5. The van der Waals surface area contributed by atoms with Crippen LogP contribution in [0.25, 0.3) is 5.82 Å². The van der Waals surface area contributed by atoms with Crippen molar-refractivity contribution < 1.29 is 4.74 Å². The van der Waals surface area contributed by atoms with E-state index in [1.165, 1.54) is 6.33 Å². The standard InChI is InChI=1S/C16H17N5O/c1-12-8-20-21(10-12)16-7-15(18-11-19-16)17-9-13-5-3-4-6-14(13)22-2/h3-8,10-11H,9H2,1-2H3,(H,17,18,19). The fourth-order valence-corrected chi connectivity index (χ4v) is 2.14. The minimum absolute atomic E-state index is 0.624. The van der Waals surface area contributed by atoms with Gasteiger partial charge in [0.25, 0.3) is 0 Å². The van der Waals surface area contributed by atoms with Crippen molar-refractivity contribution in [3.8, 4) is 11.6 Å². The van der Waals surface area contributed by atoms with Crippen molar-refractivity contribution in [3.63, 3.8) is 0 Å². The minimum atomic E-state index is 0.624. The fourth-order valence-electron chi connectivity index (χ4n) is 2.14. The van der Waals surface area contributed by atoms with Gasteiger partial charge in [0.2, 0.25) is 0 Å². The molecule has 0 aliphatic heterocycles. The monoisotopic (exact) mass is 295 g/mol. The van der Waals surface area contributed by atoms with Gasteiger partial charge in [0, 0.05) is 24.4 Å². The second kappa shape index (κ2) is 6.26. The Bertz CT molecular complexity index is 768. The summed E-state index contributed by atoms with van der Waals surface area (Å²) in [6.07, 6.45) is 5.24. The predicted octanol–water partition coefficient (Wildman–Crippen LogP) is 2.59. The van der Waals surface area contributed by atoms with E-state index < -0.39 is 0 Å². The van der Waals surface area contributed by atoms with E-state index in [9.17, 15) is 0 Å². The SMILES string of the molecule is COc1ccccc1CNc1cc(-n2cc(C)cn2)ncn1. The summed E-state index contributed by atoms with van der Waals surface area (Å²) >= 11 is 0. The van der Waals surface area contributed by atoms with Gasteiger partial charge in [-0.2, -0.15) is 5.10 Å². The van der Waals surface area contributed by atoms with E-state index in [-0.39, 0.29) is 0 Å². The van der Waals surface area contributed by atoms with E-state index in [1.54, 1.807) is 18.0 Å². The Morgan fingerprint density at radius 2 is 2.09 bits per heavy atom. The summed E-state index contributed by atoms with van der Waals surface area (Å²) in [5.41, 5.74) is 2.15. The number of anilines is 1. The molecule has 6 nitrogen and oxygen atoms in total. The molecule has 0 amide bonds. The van der Waals surface area contributed by atoms with Crippen LogP contribution in [0, 0.1) is 6.92 Å². The average Bonchev–Trinajstić information content (AvgIpc) is 3.00. The maximum absolute atomic E-state index is 5.34. The van der Waals surface area contributed by atoms with Crippen LogP contribution in [0.5, 0.6) is 5.75 Å². The maximum Gasteiger partial charge on any atom is 0.158 e. The van der Waals surface area contributed by atoms with Gasteiger partial charge in [-0.1, -0.05) is 18.2 Å². The number of hydrogen-bond acceptors (Lipinski definition) is 5. The van der Waals surface area contributed by atoms with E-state index in [1.807, 2.05) is 43.5 Å². The van der Waals surface area contributed by atoms with E-state index in [2.05, 4.69) is 20.4 Å². The minimum Gasteiger partial charge on any atom is -0.496 e. The second-order valence-electron chi connectivity index (χ2n) is 4.89. The number of methoxy groups -OCH3 is 1. The highest BCUT2D eigenvalue weighted by molar-refractivity contribution is 5.43. The lowest BCUT2D eigenvalue weighted by atomic mass is 10.2. The largest absolute Gasteiger partial charge is 0.496 e. The normalized spacial score (nSPS) is 10.5. The van der Waals surface area contributed by atoms with E-state index in [0.717, 1.165) is 28.5 Å². The molecule has 112 valence electrons. The van der Waals surface area contributed by atoms with Crippen LogP contribution in [0.1, 0.15) is 11.1 Å². The smallest absolute Gasteiger partial charge is 0.158 e. The first-order valence-corrected chi connectivity index (χ1v) is 6.96. The van der Waals surface area contributed by atoms with Crippen molar-refractivity contribution in [1.29, 1.82) is 0 Å². The summed E-state index contributed by atoms with van der Waals surface area (Å²) in [7, 11) is 1.67. The van der Waals surface area contributed by atoms with Gasteiger partial charge in [-0.3, -0.25) is 0 Å². The zero-order valence-corrected chi connectivity index (χ0v) is 12.5. The number of nitrogens with one attached hydrogen (secondary N) is 1. The number of benzene rings is 1. The molecule has 1 aromatic carbocycles. The molecule has 2 aromatic heterocycles. The van der Waals surface area contributed by atoms with Gasteiger partial charge >= 0.3 is 0 Å². The molecule has 0 fully saturated rings. The molecule has 6 heteroatoms. The number of aromatic nitrogens is 4. The summed E-state index contributed by atoms with van der Waals surface area (Å²) in [5, 5.41) is 7.53. The lowest BCUT2D eigenvalue weighted by Crippen LogP contribution is -2.05. The Morgan fingerprint density at radius 1 is 1.23 bits per heavy atom.